The lowest BCUT2D eigenvalue weighted by Gasteiger charge is -2.07. The Morgan fingerprint density at radius 2 is 2.29 bits per heavy atom. The highest BCUT2D eigenvalue weighted by molar-refractivity contribution is 6.33. The lowest BCUT2D eigenvalue weighted by atomic mass is 10.3. The van der Waals surface area contributed by atoms with E-state index < -0.39 is 0 Å². The van der Waals surface area contributed by atoms with Crippen molar-refractivity contribution in [1.29, 1.82) is 0 Å². The van der Waals surface area contributed by atoms with Gasteiger partial charge in [-0.3, -0.25) is 4.98 Å². The Morgan fingerprint density at radius 3 is 2.93 bits per heavy atom. The monoisotopic (exact) mass is 211 g/mol. The fraction of sp³-hybridized carbons (Fsp3) is 0.300. The minimum absolute atomic E-state index is 0.551. The molecule has 3 N–H and O–H groups in total. The molecule has 0 fully saturated rings. The summed E-state index contributed by atoms with van der Waals surface area (Å²) in [7, 11) is 0. The van der Waals surface area contributed by atoms with Crippen molar-refractivity contribution < 1.29 is 0 Å². The van der Waals surface area contributed by atoms with Crippen molar-refractivity contribution in [2.45, 2.75) is 13.3 Å². The number of aromatic nitrogens is 1. The summed E-state index contributed by atoms with van der Waals surface area (Å²) in [5, 5.41) is 3.68. The summed E-state index contributed by atoms with van der Waals surface area (Å²) in [5.41, 5.74) is 7.03. The van der Waals surface area contributed by atoms with Crippen LogP contribution in [-0.4, -0.2) is 11.5 Å². The lowest BCUT2D eigenvalue weighted by Crippen LogP contribution is -2.03. The molecule has 0 saturated heterocycles. The Kier molecular flexibility index (Phi) is 4.26. The topological polar surface area (TPSA) is 50.9 Å². The predicted octanol–water partition coefficient (Wildman–Crippen LogP) is 2.70. The molecule has 14 heavy (non-hydrogen) atoms. The van der Waals surface area contributed by atoms with Gasteiger partial charge < -0.3 is 11.1 Å². The minimum atomic E-state index is 0.551. The first-order valence-electron chi connectivity index (χ1n) is 4.53. The van der Waals surface area contributed by atoms with E-state index >= 15 is 0 Å². The number of nitrogens with zero attached hydrogens (tertiary/aromatic N) is 1. The van der Waals surface area contributed by atoms with Crippen LogP contribution in [0.3, 0.4) is 0 Å². The summed E-state index contributed by atoms with van der Waals surface area (Å²) in [6.45, 7) is 2.81. The number of rotatable bonds is 4. The second kappa shape index (κ2) is 5.50. The molecule has 4 heteroatoms. The van der Waals surface area contributed by atoms with Crippen molar-refractivity contribution in [2.75, 3.05) is 17.6 Å². The van der Waals surface area contributed by atoms with Gasteiger partial charge in [-0.2, -0.15) is 0 Å². The first-order valence-corrected chi connectivity index (χ1v) is 4.91. The summed E-state index contributed by atoms with van der Waals surface area (Å²) in [4.78, 5) is 3.87. The van der Waals surface area contributed by atoms with Crippen molar-refractivity contribution in [3.05, 3.63) is 29.6 Å². The van der Waals surface area contributed by atoms with E-state index in [0.717, 1.165) is 18.7 Å². The zero-order chi connectivity index (χ0) is 10.4. The molecular weight excluding hydrogens is 198 g/mol. The van der Waals surface area contributed by atoms with Gasteiger partial charge >= 0.3 is 0 Å². The van der Waals surface area contributed by atoms with Crippen molar-refractivity contribution in [3.8, 4) is 0 Å². The highest BCUT2D eigenvalue weighted by Crippen LogP contribution is 2.25. The van der Waals surface area contributed by atoms with E-state index in [1.165, 1.54) is 0 Å². The van der Waals surface area contributed by atoms with Crippen molar-refractivity contribution in [2.24, 2.45) is 0 Å². The molecule has 1 aromatic heterocycles. The zero-order valence-electron chi connectivity index (χ0n) is 8.13. The van der Waals surface area contributed by atoms with E-state index in [4.69, 9.17) is 17.3 Å². The van der Waals surface area contributed by atoms with Crippen LogP contribution in [0.4, 0.5) is 11.4 Å². The smallest absolute Gasteiger partial charge is 0.0841 e. The second-order valence-corrected chi connectivity index (χ2v) is 3.25. The molecule has 0 aliphatic heterocycles. The third-order valence-electron chi connectivity index (χ3n) is 1.73. The number of nitrogens with two attached hydrogens (primary N) is 1. The SMILES string of the molecule is CC/C=C/CNc1c(N)cncc1Cl. The highest BCUT2D eigenvalue weighted by atomic mass is 35.5. The number of anilines is 2. The molecular formula is C10H14ClN3. The van der Waals surface area contributed by atoms with Gasteiger partial charge in [0, 0.05) is 12.7 Å². The van der Waals surface area contributed by atoms with E-state index in [2.05, 4.69) is 23.3 Å². The first-order chi connectivity index (χ1) is 6.75. The Balaban J connectivity index is 2.62. The van der Waals surface area contributed by atoms with Crippen LogP contribution in [0.2, 0.25) is 5.02 Å². The molecule has 0 aliphatic carbocycles. The maximum Gasteiger partial charge on any atom is 0.0841 e. The van der Waals surface area contributed by atoms with Crippen LogP contribution < -0.4 is 11.1 Å². The maximum atomic E-state index is 5.91. The summed E-state index contributed by atoms with van der Waals surface area (Å²) >= 11 is 5.91. The Hall–Kier alpha value is -1.22. The number of hydrogen-bond acceptors (Lipinski definition) is 3. The van der Waals surface area contributed by atoms with Crippen LogP contribution in [0.25, 0.3) is 0 Å². The first kappa shape index (κ1) is 10.9. The third-order valence-corrected chi connectivity index (χ3v) is 2.01. The molecule has 0 aliphatic rings. The number of nitrogens with one attached hydrogen (secondary N) is 1. The number of hydrogen-bond donors (Lipinski definition) is 2. The predicted molar refractivity (Wildman–Crippen MR) is 61.6 cm³/mol. The van der Waals surface area contributed by atoms with Gasteiger partial charge in [0.1, 0.15) is 0 Å². The van der Waals surface area contributed by atoms with Gasteiger partial charge in [0.2, 0.25) is 0 Å². The fourth-order valence-electron chi connectivity index (χ4n) is 1.05. The summed E-state index contributed by atoms with van der Waals surface area (Å²) in [6.07, 6.45) is 8.30. The van der Waals surface area contributed by atoms with Crippen LogP contribution >= 0.6 is 11.6 Å². The molecule has 0 amide bonds. The molecule has 0 atom stereocenters. The van der Waals surface area contributed by atoms with Crippen LogP contribution in [0.15, 0.2) is 24.5 Å². The average molecular weight is 212 g/mol. The zero-order valence-corrected chi connectivity index (χ0v) is 8.88. The fourth-order valence-corrected chi connectivity index (χ4v) is 1.28. The van der Waals surface area contributed by atoms with E-state index in [1.54, 1.807) is 12.4 Å². The molecule has 1 aromatic rings. The van der Waals surface area contributed by atoms with E-state index in [0.29, 0.717) is 10.7 Å². The van der Waals surface area contributed by atoms with E-state index in [1.807, 2.05) is 6.08 Å². The number of allylic oxidation sites excluding steroid dienone is 1. The standard InChI is InChI=1S/C10H14ClN3/c1-2-3-4-5-14-10-8(11)6-13-7-9(10)12/h3-4,6-7H,2,5,12H2,1H3,(H,13,14)/b4-3+. The maximum absolute atomic E-state index is 5.91. The molecule has 1 heterocycles. The molecule has 0 unspecified atom stereocenters. The van der Waals surface area contributed by atoms with Crippen LogP contribution in [-0.2, 0) is 0 Å². The van der Waals surface area contributed by atoms with Gasteiger partial charge in [0.05, 0.1) is 22.6 Å². The Morgan fingerprint density at radius 1 is 1.50 bits per heavy atom. The molecule has 0 spiro atoms. The molecule has 3 nitrogen and oxygen atoms in total. The Labute approximate surface area is 89.0 Å². The minimum Gasteiger partial charge on any atom is -0.396 e. The number of nitrogen functional groups attached to an aromatic ring is 1. The summed E-state index contributed by atoms with van der Waals surface area (Å²) < 4.78 is 0. The van der Waals surface area contributed by atoms with Gasteiger partial charge in [-0.1, -0.05) is 30.7 Å². The average Bonchev–Trinajstić information content (AvgIpc) is 2.16. The van der Waals surface area contributed by atoms with Gasteiger partial charge in [0.15, 0.2) is 0 Å². The largest absolute Gasteiger partial charge is 0.396 e. The van der Waals surface area contributed by atoms with Gasteiger partial charge in [-0.05, 0) is 6.42 Å². The molecule has 0 radical (unpaired) electrons. The quantitative estimate of drug-likeness (QED) is 0.753. The van der Waals surface area contributed by atoms with Crippen molar-refractivity contribution in [3.63, 3.8) is 0 Å². The highest BCUT2D eigenvalue weighted by Gasteiger charge is 2.02. The third kappa shape index (κ3) is 2.92. The van der Waals surface area contributed by atoms with Gasteiger partial charge in [0.25, 0.3) is 0 Å². The second-order valence-electron chi connectivity index (χ2n) is 2.85. The van der Waals surface area contributed by atoms with E-state index in [-0.39, 0.29) is 0 Å². The molecule has 0 saturated carbocycles. The molecule has 0 aromatic carbocycles. The Bertz CT molecular complexity index is 303. The number of halogens is 1. The van der Waals surface area contributed by atoms with Crippen LogP contribution in [0, 0.1) is 0 Å². The van der Waals surface area contributed by atoms with Crippen LogP contribution in [0.5, 0.6) is 0 Å². The van der Waals surface area contributed by atoms with Gasteiger partial charge in [-0.25, -0.2) is 0 Å². The lowest BCUT2D eigenvalue weighted by molar-refractivity contribution is 1.20. The van der Waals surface area contributed by atoms with Crippen molar-refractivity contribution in [1.82, 2.24) is 4.98 Å². The van der Waals surface area contributed by atoms with Crippen LogP contribution in [0.1, 0.15) is 13.3 Å². The normalized spacial score (nSPS) is 10.7. The van der Waals surface area contributed by atoms with Crippen molar-refractivity contribution >= 4 is 23.0 Å². The molecule has 0 bridgehead atoms. The van der Waals surface area contributed by atoms with E-state index in [9.17, 15) is 0 Å². The molecule has 1 rings (SSSR count). The number of pyridine rings is 1. The molecule has 76 valence electrons. The van der Waals surface area contributed by atoms with Gasteiger partial charge in [-0.15, -0.1) is 0 Å². The summed E-state index contributed by atoms with van der Waals surface area (Å²) in [6, 6.07) is 0. The summed E-state index contributed by atoms with van der Waals surface area (Å²) in [5.74, 6) is 0.